The average Bonchev–Trinajstić information content (AvgIpc) is 2.28. The third-order valence-electron chi connectivity index (χ3n) is 2.13. The molecule has 0 spiro atoms. The molecule has 0 aliphatic rings. The molecule has 1 aromatic carbocycles. The predicted molar refractivity (Wildman–Crippen MR) is 64.7 cm³/mol. The van der Waals surface area contributed by atoms with Crippen LogP contribution in [-0.4, -0.2) is 10.1 Å². The van der Waals surface area contributed by atoms with Crippen LogP contribution in [0.3, 0.4) is 0 Å². The minimum absolute atomic E-state index is 0.268. The van der Waals surface area contributed by atoms with Crippen molar-refractivity contribution in [3.8, 4) is 5.75 Å². The van der Waals surface area contributed by atoms with E-state index in [-0.39, 0.29) is 5.75 Å². The van der Waals surface area contributed by atoms with Gasteiger partial charge >= 0.3 is 0 Å². The van der Waals surface area contributed by atoms with Gasteiger partial charge < -0.3 is 10.4 Å². The second-order valence-electron chi connectivity index (χ2n) is 3.37. The molecule has 0 bridgehead atoms. The van der Waals surface area contributed by atoms with Crippen LogP contribution in [0.4, 0.5) is 5.82 Å². The van der Waals surface area contributed by atoms with Gasteiger partial charge in [0.15, 0.2) is 0 Å². The van der Waals surface area contributed by atoms with E-state index < -0.39 is 0 Å². The summed E-state index contributed by atoms with van der Waals surface area (Å²) in [4.78, 5) is 4.11. The number of anilines is 1. The summed E-state index contributed by atoms with van der Waals surface area (Å²) in [6, 6.07) is 12.4. The number of nitrogens with zero attached hydrogens (tertiary/aromatic N) is 1. The van der Waals surface area contributed by atoms with Crippen molar-refractivity contribution < 1.29 is 5.11 Å². The molecule has 1 heterocycles. The summed E-state index contributed by atoms with van der Waals surface area (Å²) in [6.45, 7) is 0.646. The molecule has 2 aromatic rings. The van der Waals surface area contributed by atoms with Crippen LogP contribution in [-0.2, 0) is 6.54 Å². The first-order chi connectivity index (χ1) is 7.74. The SMILES string of the molecule is Oc1ccc(CNc2cccc(Cl)n2)cc1. The van der Waals surface area contributed by atoms with Gasteiger partial charge in [-0.05, 0) is 29.8 Å². The normalized spacial score (nSPS) is 10.1. The summed E-state index contributed by atoms with van der Waals surface area (Å²) >= 11 is 5.76. The Labute approximate surface area is 98.7 Å². The summed E-state index contributed by atoms with van der Waals surface area (Å²) in [7, 11) is 0. The number of aromatic hydroxyl groups is 1. The lowest BCUT2D eigenvalue weighted by molar-refractivity contribution is 0.475. The third-order valence-corrected chi connectivity index (χ3v) is 2.34. The molecule has 0 amide bonds. The van der Waals surface area contributed by atoms with Gasteiger partial charge in [0, 0.05) is 6.54 Å². The zero-order valence-electron chi connectivity index (χ0n) is 8.52. The van der Waals surface area contributed by atoms with Crippen LogP contribution in [0.25, 0.3) is 0 Å². The smallest absolute Gasteiger partial charge is 0.131 e. The van der Waals surface area contributed by atoms with Crippen molar-refractivity contribution in [3.05, 3.63) is 53.2 Å². The van der Waals surface area contributed by atoms with Gasteiger partial charge in [-0.3, -0.25) is 0 Å². The molecule has 0 fully saturated rings. The van der Waals surface area contributed by atoms with Crippen molar-refractivity contribution >= 4 is 17.4 Å². The summed E-state index contributed by atoms with van der Waals surface area (Å²) < 4.78 is 0. The number of phenolic OH excluding ortho intramolecular Hbond substituents is 1. The summed E-state index contributed by atoms with van der Waals surface area (Å²) in [5.74, 6) is 1.00. The van der Waals surface area contributed by atoms with Gasteiger partial charge in [-0.15, -0.1) is 0 Å². The molecule has 0 aliphatic carbocycles. The quantitative estimate of drug-likeness (QED) is 0.803. The van der Waals surface area contributed by atoms with Crippen LogP contribution >= 0.6 is 11.6 Å². The molecule has 3 nitrogen and oxygen atoms in total. The molecule has 82 valence electrons. The number of aromatic nitrogens is 1. The van der Waals surface area contributed by atoms with Crippen LogP contribution in [0, 0.1) is 0 Å². The molecule has 2 rings (SSSR count). The Morgan fingerprint density at radius 1 is 1.12 bits per heavy atom. The standard InChI is InChI=1S/C12H11ClN2O/c13-11-2-1-3-12(15-11)14-8-9-4-6-10(16)7-5-9/h1-7,16H,8H2,(H,14,15). The van der Waals surface area contributed by atoms with Crippen LogP contribution in [0.5, 0.6) is 5.75 Å². The molecule has 2 N–H and O–H groups in total. The molecule has 0 atom stereocenters. The Kier molecular flexibility index (Phi) is 3.27. The van der Waals surface area contributed by atoms with Gasteiger partial charge in [0.1, 0.15) is 16.7 Å². The highest BCUT2D eigenvalue weighted by atomic mass is 35.5. The Morgan fingerprint density at radius 2 is 1.88 bits per heavy atom. The van der Waals surface area contributed by atoms with Gasteiger partial charge in [-0.2, -0.15) is 0 Å². The molecule has 1 aromatic heterocycles. The van der Waals surface area contributed by atoms with Gasteiger partial charge in [-0.25, -0.2) is 4.98 Å². The van der Waals surface area contributed by atoms with E-state index in [1.807, 2.05) is 24.3 Å². The van der Waals surface area contributed by atoms with Gasteiger partial charge in [0.25, 0.3) is 0 Å². The Morgan fingerprint density at radius 3 is 2.56 bits per heavy atom. The second kappa shape index (κ2) is 4.86. The lowest BCUT2D eigenvalue weighted by atomic mass is 10.2. The largest absolute Gasteiger partial charge is 0.508 e. The average molecular weight is 235 g/mol. The number of hydrogen-bond acceptors (Lipinski definition) is 3. The van der Waals surface area contributed by atoms with Crippen molar-refractivity contribution in [1.29, 1.82) is 0 Å². The third kappa shape index (κ3) is 2.87. The van der Waals surface area contributed by atoms with E-state index in [1.165, 1.54) is 0 Å². The van der Waals surface area contributed by atoms with E-state index in [9.17, 15) is 0 Å². The number of benzene rings is 1. The summed E-state index contributed by atoms with van der Waals surface area (Å²) in [5, 5.41) is 12.7. The van der Waals surface area contributed by atoms with E-state index >= 15 is 0 Å². The van der Waals surface area contributed by atoms with Crippen molar-refractivity contribution in [2.45, 2.75) is 6.54 Å². The number of phenols is 1. The fraction of sp³-hybridized carbons (Fsp3) is 0.0833. The maximum Gasteiger partial charge on any atom is 0.131 e. The first-order valence-electron chi connectivity index (χ1n) is 4.88. The molecule has 16 heavy (non-hydrogen) atoms. The molecule has 0 saturated carbocycles. The van der Waals surface area contributed by atoms with Crippen molar-refractivity contribution in [2.75, 3.05) is 5.32 Å². The predicted octanol–water partition coefficient (Wildman–Crippen LogP) is 3.05. The number of pyridine rings is 1. The Bertz CT molecular complexity index is 471. The summed E-state index contributed by atoms with van der Waals surface area (Å²) in [5.41, 5.74) is 1.07. The molecule has 0 saturated heterocycles. The number of rotatable bonds is 3. The molecular weight excluding hydrogens is 224 g/mol. The highest BCUT2D eigenvalue weighted by Crippen LogP contribution is 2.13. The minimum Gasteiger partial charge on any atom is -0.508 e. The first-order valence-corrected chi connectivity index (χ1v) is 5.26. The fourth-order valence-corrected chi connectivity index (χ4v) is 1.48. The molecule has 0 unspecified atom stereocenters. The first kappa shape index (κ1) is 10.8. The van der Waals surface area contributed by atoms with E-state index in [0.29, 0.717) is 11.7 Å². The van der Waals surface area contributed by atoms with E-state index in [4.69, 9.17) is 16.7 Å². The second-order valence-corrected chi connectivity index (χ2v) is 3.75. The molecular formula is C12H11ClN2O. The van der Waals surface area contributed by atoms with Gasteiger partial charge in [-0.1, -0.05) is 29.8 Å². The topological polar surface area (TPSA) is 45.1 Å². The number of halogens is 1. The molecule has 0 radical (unpaired) electrons. The Hall–Kier alpha value is -1.74. The van der Waals surface area contributed by atoms with Crippen molar-refractivity contribution in [1.82, 2.24) is 4.98 Å². The zero-order chi connectivity index (χ0) is 11.4. The highest BCUT2D eigenvalue weighted by Gasteiger charge is 1.96. The maximum absolute atomic E-state index is 9.13. The maximum atomic E-state index is 9.13. The minimum atomic E-state index is 0.268. The van der Waals surface area contributed by atoms with Gasteiger partial charge in [0.2, 0.25) is 0 Å². The fourth-order valence-electron chi connectivity index (χ4n) is 1.31. The van der Waals surface area contributed by atoms with Crippen LogP contribution in [0.15, 0.2) is 42.5 Å². The monoisotopic (exact) mass is 234 g/mol. The number of hydrogen-bond donors (Lipinski definition) is 2. The molecule has 4 heteroatoms. The lowest BCUT2D eigenvalue weighted by Crippen LogP contribution is -2.00. The highest BCUT2D eigenvalue weighted by molar-refractivity contribution is 6.29. The lowest BCUT2D eigenvalue weighted by Gasteiger charge is -2.05. The van der Waals surface area contributed by atoms with Crippen molar-refractivity contribution in [2.24, 2.45) is 0 Å². The number of nitrogens with one attached hydrogen (secondary N) is 1. The Balaban J connectivity index is 1.99. The van der Waals surface area contributed by atoms with E-state index in [1.54, 1.807) is 18.2 Å². The zero-order valence-corrected chi connectivity index (χ0v) is 9.28. The van der Waals surface area contributed by atoms with E-state index in [2.05, 4.69) is 10.3 Å². The van der Waals surface area contributed by atoms with Gasteiger partial charge in [0.05, 0.1) is 0 Å². The van der Waals surface area contributed by atoms with Crippen LogP contribution < -0.4 is 5.32 Å². The molecule has 0 aliphatic heterocycles. The van der Waals surface area contributed by atoms with Crippen LogP contribution in [0.2, 0.25) is 5.15 Å². The van der Waals surface area contributed by atoms with E-state index in [0.717, 1.165) is 11.4 Å². The summed E-state index contributed by atoms with van der Waals surface area (Å²) in [6.07, 6.45) is 0. The van der Waals surface area contributed by atoms with Crippen molar-refractivity contribution in [3.63, 3.8) is 0 Å². The van der Waals surface area contributed by atoms with Crippen LogP contribution in [0.1, 0.15) is 5.56 Å².